The first kappa shape index (κ1) is 19.9. The van der Waals surface area contributed by atoms with Gasteiger partial charge in [-0.3, -0.25) is 9.59 Å². The van der Waals surface area contributed by atoms with E-state index in [1.165, 1.54) is 44.9 Å². The monoisotopic (exact) mass is 301 g/mol. The first-order valence-corrected chi connectivity index (χ1v) is 8.22. The van der Waals surface area contributed by atoms with Crippen molar-refractivity contribution in [2.24, 2.45) is 5.73 Å². The summed E-state index contributed by atoms with van der Waals surface area (Å²) in [5, 5.41) is 8.58. The van der Waals surface area contributed by atoms with Crippen LogP contribution in [0.5, 0.6) is 0 Å². The Morgan fingerprint density at radius 1 is 1.00 bits per heavy atom. The van der Waals surface area contributed by atoms with Crippen molar-refractivity contribution in [1.82, 2.24) is 0 Å². The molecule has 0 aliphatic rings. The number of carboxylic acids is 1. The second kappa shape index (κ2) is 13.9. The molecule has 0 spiro atoms. The fourth-order valence-electron chi connectivity index (χ4n) is 2.07. The third kappa shape index (κ3) is 13.6. The molecule has 0 fully saturated rings. The third-order valence-electron chi connectivity index (χ3n) is 3.49. The van der Waals surface area contributed by atoms with Gasteiger partial charge in [-0.2, -0.15) is 0 Å². The van der Waals surface area contributed by atoms with Gasteiger partial charge in [-0.15, -0.1) is 0 Å². The minimum atomic E-state index is -1.08. The Bertz CT molecular complexity index is 281. The van der Waals surface area contributed by atoms with Crippen LogP contribution in [-0.2, 0) is 14.3 Å². The Balaban J connectivity index is 3.27. The van der Waals surface area contributed by atoms with Gasteiger partial charge < -0.3 is 15.6 Å². The van der Waals surface area contributed by atoms with E-state index in [1.54, 1.807) is 0 Å². The van der Waals surface area contributed by atoms with Crippen LogP contribution in [0.25, 0.3) is 0 Å². The minimum absolute atomic E-state index is 0.0743. The molecule has 0 saturated carbocycles. The Labute approximate surface area is 128 Å². The smallest absolute Gasteiger partial charge is 0.320 e. The van der Waals surface area contributed by atoms with Crippen molar-refractivity contribution in [1.29, 1.82) is 0 Å². The van der Waals surface area contributed by atoms with Crippen LogP contribution >= 0.6 is 0 Å². The van der Waals surface area contributed by atoms with E-state index in [4.69, 9.17) is 15.6 Å². The zero-order valence-corrected chi connectivity index (χ0v) is 13.3. The quantitative estimate of drug-likeness (QED) is 0.380. The van der Waals surface area contributed by atoms with Gasteiger partial charge in [-0.1, -0.05) is 58.3 Å². The Kier molecular flexibility index (Phi) is 13.1. The number of unbranched alkanes of at least 4 members (excludes halogenated alkanes) is 8. The maximum Gasteiger partial charge on any atom is 0.320 e. The van der Waals surface area contributed by atoms with Crippen molar-refractivity contribution in [3.8, 4) is 0 Å². The molecule has 0 heterocycles. The number of carbonyl (C=O) groups is 2. The molecule has 0 aromatic heterocycles. The second-order valence-corrected chi connectivity index (χ2v) is 5.53. The molecule has 0 aliphatic carbocycles. The lowest BCUT2D eigenvalue weighted by atomic mass is 10.1. The van der Waals surface area contributed by atoms with Gasteiger partial charge >= 0.3 is 11.9 Å². The van der Waals surface area contributed by atoms with Crippen molar-refractivity contribution >= 4 is 11.9 Å². The van der Waals surface area contributed by atoms with Gasteiger partial charge in [0.2, 0.25) is 0 Å². The van der Waals surface area contributed by atoms with Crippen LogP contribution in [0.1, 0.15) is 77.6 Å². The van der Waals surface area contributed by atoms with Crippen LogP contribution < -0.4 is 5.73 Å². The molecule has 1 atom stereocenters. The van der Waals surface area contributed by atoms with E-state index in [-0.39, 0.29) is 18.8 Å². The summed E-state index contributed by atoms with van der Waals surface area (Å²) in [5.74, 6) is -1.44. The van der Waals surface area contributed by atoms with E-state index in [1.807, 2.05) is 0 Å². The summed E-state index contributed by atoms with van der Waals surface area (Å²) in [6.45, 7) is 2.65. The molecule has 0 unspecified atom stereocenters. The molecule has 3 N–H and O–H groups in total. The second-order valence-electron chi connectivity index (χ2n) is 5.53. The highest BCUT2D eigenvalue weighted by atomic mass is 16.5. The van der Waals surface area contributed by atoms with Crippen LogP contribution in [0.2, 0.25) is 0 Å². The van der Waals surface area contributed by atoms with Crippen molar-refractivity contribution in [2.45, 2.75) is 83.6 Å². The molecule has 0 saturated heterocycles. The number of esters is 1. The van der Waals surface area contributed by atoms with E-state index in [0.29, 0.717) is 6.61 Å². The molecule has 0 aromatic rings. The van der Waals surface area contributed by atoms with Gasteiger partial charge in [0.25, 0.3) is 0 Å². The predicted molar refractivity (Wildman–Crippen MR) is 83.0 cm³/mol. The summed E-state index contributed by atoms with van der Waals surface area (Å²) >= 11 is 0. The SMILES string of the molecule is CCCCCCCCCCCOC(=O)CC[C@H](N)C(=O)O. The van der Waals surface area contributed by atoms with E-state index < -0.39 is 12.0 Å². The van der Waals surface area contributed by atoms with Gasteiger partial charge in [0.1, 0.15) is 6.04 Å². The number of ether oxygens (including phenoxy) is 1. The zero-order valence-electron chi connectivity index (χ0n) is 13.3. The molecular formula is C16H31NO4. The Hall–Kier alpha value is -1.10. The summed E-state index contributed by atoms with van der Waals surface area (Å²) in [6, 6.07) is -0.981. The van der Waals surface area contributed by atoms with Crippen LogP contribution in [0, 0.1) is 0 Å². The summed E-state index contributed by atoms with van der Waals surface area (Å²) in [6.07, 6.45) is 11.2. The largest absolute Gasteiger partial charge is 0.480 e. The highest BCUT2D eigenvalue weighted by Gasteiger charge is 2.13. The summed E-state index contributed by atoms with van der Waals surface area (Å²) in [5.41, 5.74) is 5.31. The molecule has 0 bridgehead atoms. The Morgan fingerprint density at radius 2 is 1.52 bits per heavy atom. The van der Waals surface area contributed by atoms with E-state index in [2.05, 4.69) is 6.92 Å². The molecule has 0 aromatic carbocycles. The normalized spacial score (nSPS) is 12.1. The number of aliphatic carboxylic acids is 1. The lowest BCUT2D eigenvalue weighted by Gasteiger charge is -2.07. The molecular weight excluding hydrogens is 270 g/mol. The predicted octanol–water partition coefficient (Wildman–Crippen LogP) is 3.25. The number of carboxylic acid groups (broad SMARTS) is 1. The minimum Gasteiger partial charge on any atom is -0.480 e. The molecule has 0 aliphatic heterocycles. The molecule has 5 heteroatoms. The Morgan fingerprint density at radius 3 is 2.05 bits per heavy atom. The van der Waals surface area contributed by atoms with Gasteiger partial charge in [-0.25, -0.2) is 0 Å². The standard InChI is InChI=1S/C16H31NO4/c1-2-3-4-5-6-7-8-9-10-13-21-15(18)12-11-14(17)16(19)20/h14H,2-13,17H2,1H3,(H,19,20)/t14-/m0/s1. The van der Waals surface area contributed by atoms with Crippen LogP contribution in [-0.4, -0.2) is 29.7 Å². The highest BCUT2D eigenvalue weighted by molar-refractivity contribution is 5.75. The lowest BCUT2D eigenvalue weighted by Crippen LogP contribution is -2.30. The number of carbonyl (C=O) groups excluding carboxylic acids is 1. The maximum absolute atomic E-state index is 11.3. The molecule has 0 radical (unpaired) electrons. The van der Waals surface area contributed by atoms with Crippen LogP contribution in [0.4, 0.5) is 0 Å². The van der Waals surface area contributed by atoms with E-state index in [9.17, 15) is 9.59 Å². The topological polar surface area (TPSA) is 89.6 Å². The van der Waals surface area contributed by atoms with Crippen LogP contribution in [0.15, 0.2) is 0 Å². The van der Waals surface area contributed by atoms with Crippen molar-refractivity contribution in [3.63, 3.8) is 0 Å². The first-order valence-electron chi connectivity index (χ1n) is 8.22. The zero-order chi connectivity index (χ0) is 15.9. The van der Waals surface area contributed by atoms with E-state index >= 15 is 0 Å². The van der Waals surface area contributed by atoms with Crippen molar-refractivity contribution < 1.29 is 19.4 Å². The molecule has 0 rings (SSSR count). The molecule has 5 nitrogen and oxygen atoms in total. The maximum atomic E-state index is 11.3. The fraction of sp³-hybridized carbons (Fsp3) is 0.875. The average molecular weight is 301 g/mol. The first-order chi connectivity index (χ1) is 10.1. The van der Waals surface area contributed by atoms with E-state index in [0.717, 1.165) is 12.8 Å². The van der Waals surface area contributed by atoms with Gasteiger partial charge in [0, 0.05) is 6.42 Å². The molecule has 0 amide bonds. The van der Waals surface area contributed by atoms with Gasteiger partial charge in [0.15, 0.2) is 0 Å². The number of rotatable bonds is 14. The molecule has 21 heavy (non-hydrogen) atoms. The lowest BCUT2D eigenvalue weighted by molar-refractivity contribution is -0.144. The number of nitrogens with two attached hydrogens (primary N) is 1. The summed E-state index contributed by atoms with van der Waals surface area (Å²) < 4.78 is 5.04. The number of hydrogen-bond donors (Lipinski definition) is 2. The third-order valence-corrected chi connectivity index (χ3v) is 3.49. The van der Waals surface area contributed by atoms with Crippen molar-refractivity contribution in [2.75, 3.05) is 6.61 Å². The molecule has 124 valence electrons. The van der Waals surface area contributed by atoms with Crippen LogP contribution in [0.3, 0.4) is 0 Å². The van der Waals surface area contributed by atoms with Gasteiger partial charge in [-0.05, 0) is 12.8 Å². The number of hydrogen-bond acceptors (Lipinski definition) is 4. The van der Waals surface area contributed by atoms with Gasteiger partial charge in [0.05, 0.1) is 6.61 Å². The highest BCUT2D eigenvalue weighted by Crippen LogP contribution is 2.09. The average Bonchev–Trinajstić information content (AvgIpc) is 2.46. The summed E-state index contributed by atoms with van der Waals surface area (Å²) in [4.78, 5) is 21.8. The van der Waals surface area contributed by atoms with Crippen molar-refractivity contribution in [3.05, 3.63) is 0 Å². The summed E-state index contributed by atoms with van der Waals surface area (Å²) in [7, 11) is 0. The fourth-order valence-corrected chi connectivity index (χ4v) is 2.07.